The van der Waals surface area contributed by atoms with Crippen LogP contribution in [0.5, 0.6) is 0 Å². The molecule has 0 atom stereocenters. The van der Waals surface area contributed by atoms with Crippen LogP contribution in [0.4, 0.5) is 17.1 Å². The molecule has 9 nitrogen and oxygen atoms in total. The lowest BCUT2D eigenvalue weighted by Gasteiger charge is -2.15. The van der Waals surface area contributed by atoms with Crippen molar-refractivity contribution in [2.75, 3.05) is 10.6 Å². The van der Waals surface area contributed by atoms with E-state index in [9.17, 15) is 14.9 Å². The minimum Gasteiger partial charge on any atom is -0.354 e. The van der Waals surface area contributed by atoms with Gasteiger partial charge in [0, 0.05) is 53.2 Å². The summed E-state index contributed by atoms with van der Waals surface area (Å²) in [5, 5.41) is 17.6. The molecular weight excluding hydrogens is 456 g/mol. The third-order valence-corrected chi connectivity index (χ3v) is 5.96. The number of carbonyl (C=O) groups is 1. The second-order valence-electron chi connectivity index (χ2n) is 8.21. The Labute approximate surface area is 204 Å². The number of hydrogen-bond acceptors (Lipinski definition) is 6. The van der Waals surface area contributed by atoms with Gasteiger partial charge in [-0.15, -0.1) is 0 Å². The molecule has 2 aromatic heterocycles. The highest BCUT2D eigenvalue weighted by Gasteiger charge is 2.30. The summed E-state index contributed by atoms with van der Waals surface area (Å²) < 4.78 is 1.86. The van der Waals surface area contributed by atoms with Crippen LogP contribution in [0, 0.1) is 10.1 Å². The molecular formula is C27H18N6O3. The molecule has 0 fully saturated rings. The first kappa shape index (κ1) is 21.2. The summed E-state index contributed by atoms with van der Waals surface area (Å²) in [6, 6.07) is 23.3. The van der Waals surface area contributed by atoms with Crippen molar-refractivity contribution in [3.63, 3.8) is 0 Å². The Morgan fingerprint density at radius 3 is 2.56 bits per heavy atom. The second-order valence-corrected chi connectivity index (χ2v) is 8.21. The number of rotatable bonds is 5. The Kier molecular flexibility index (Phi) is 5.00. The van der Waals surface area contributed by atoms with E-state index in [2.05, 4.69) is 20.6 Å². The van der Waals surface area contributed by atoms with Gasteiger partial charge in [-0.3, -0.25) is 19.3 Å². The van der Waals surface area contributed by atoms with Crippen LogP contribution >= 0.6 is 0 Å². The predicted octanol–water partition coefficient (Wildman–Crippen LogP) is 5.24. The van der Waals surface area contributed by atoms with Crippen LogP contribution in [0.1, 0.15) is 11.1 Å². The van der Waals surface area contributed by atoms with Crippen molar-refractivity contribution in [3.05, 3.63) is 119 Å². The topological polar surface area (TPSA) is 114 Å². The molecule has 6 rings (SSSR count). The number of non-ortho nitro benzene ring substituents is 1. The van der Waals surface area contributed by atoms with Crippen LogP contribution in [0.2, 0.25) is 0 Å². The number of aromatic nitrogens is 3. The average Bonchev–Trinajstić information content (AvgIpc) is 3.48. The van der Waals surface area contributed by atoms with Gasteiger partial charge < -0.3 is 10.6 Å². The summed E-state index contributed by atoms with van der Waals surface area (Å²) in [4.78, 5) is 32.8. The van der Waals surface area contributed by atoms with Gasteiger partial charge in [0.15, 0.2) is 0 Å². The highest BCUT2D eigenvalue weighted by atomic mass is 16.6. The van der Waals surface area contributed by atoms with Crippen LogP contribution in [-0.2, 0) is 4.79 Å². The number of nitro benzene ring substituents is 1. The molecule has 0 saturated heterocycles. The molecule has 1 aliphatic rings. The molecule has 0 radical (unpaired) electrons. The SMILES string of the molecule is O=C1Nc2ccc([N+](=O)[O-])cc2C1=C(Nc1ccc(-c2cn3cccnc3n2)cc1)c1ccccc1. The molecule has 9 heteroatoms. The molecule has 2 N–H and O–H groups in total. The molecule has 3 aromatic carbocycles. The predicted molar refractivity (Wildman–Crippen MR) is 137 cm³/mol. The second kappa shape index (κ2) is 8.48. The van der Waals surface area contributed by atoms with Gasteiger partial charge in [0.25, 0.3) is 11.6 Å². The number of carbonyl (C=O) groups excluding carboxylic acids is 1. The third kappa shape index (κ3) is 3.74. The molecule has 36 heavy (non-hydrogen) atoms. The van der Waals surface area contributed by atoms with E-state index in [1.807, 2.05) is 77.5 Å². The van der Waals surface area contributed by atoms with Crippen LogP contribution in [0.25, 0.3) is 28.3 Å². The van der Waals surface area contributed by atoms with E-state index in [-0.39, 0.29) is 11.6 Å². The van der Waals surface area contributed by atoms with Gasteiger partial charge in [0.2, 0.25) is 5.78 Å². The maximum Gasteiger partial charge on any atom is 0.270 e. The summed E-state index contributed by atoms with van der Waals surface area (Å²) in [6.07, 6.45) is 5.50. The molecule has 0 spiro atoms. The minimum absolute atomic E-state index is 0.0820. The van der Waals surface area contributed by atoms with E-state index in [1.165, 1.54) is 12.1 Å². The minimum atomic E-state index is -0.468. The Morgan fingerprint density at radius 2 is 1.81 bits per heavy atom. The number of benzene rings is 3. The lowest BCUT2D eigenvalue weighted by molar-refractivity contribution is -0.384. The van der Waals surface area contributed by atoms with Gasteiger partial charge in [-0.1, -0.05) is 42.5 Å². The molecule has 0 bridgehead atoms. The third-order valence-electron chi connectivity index (χ3n) is 5.96. The summed E-state index contributed by atoms with van der Waals surface area (Å²) in [5.74, 6) is 0.288. The van der Waals surface area contributed by atoms with Crippen molar-refractivity contribution in [2.45, 2.75) is 0 Å². The number of nitrogens with zero attached hydrogens (tertiary/aromatic N) is 4. The highest BCUT2D eigenvalue weighted by Crippen LogP contribution is 2.39. The first-order chi connectivity index (χ1) is 17.6. The normalized spacial score (nSPS) is 13.8. The lowest BCUT2D eigenvalue weighted by Crippen LogP contribution is -2.10. The molecule has 0 saturated carbocycles. The van der Waals surface area contributed by atoms with E-state index in [0.29, 0.717) is 28.3 Å². The molecule has 5 aromatic rings. The van der Waals surface area contributed by atoms with Crippen molar-refractivity contribution >= 4 is 40.0 Å². The van der Waals surface area contributed by atoms with E-state index >= 15 is 0 Å². The Hall–Kier alpha value is -5.31. The van der Waals surface area contributed by atoms with Gasteiger partial charge in [-0.05, 0) is 29.8 Å². The average molecular weight is 474 g/mol. The van der Waals surface area contributed by atoms with Gasteiger partial charge in [-0.2, -0.15) is 0 Å². The van der Waals surface area contributed by atoms with Crippen LogP contribution in [0.3, 0.4) is 0 Å². The summed E-state index contributed by atoms with van der Waals surface area (Å²) >= 11 is 0. The number of fused-ring (bicyclic) bond motifs is 2. The van der Waals surface area contributed by atoms with Crippen molar-refractivity contribution in [1.29, 1.82) is 0 Å². The van der Waals surface area contributed by atoms with E-state index in [0.717, 1.165) is 22.5 Å². The Bertz CT molecular complexity index is 1640. The number of nitrogens with one attached hydrogen (secondary N) is 2. The summed E-state index contributed by atoms with van der Waals surface area (Å²) in [7, 11) is 0. The Morgan fingerprint density at radius 1 is 1.00 bits per heavy atom. The fourth-order valence-electron chi connectivity index (χ4n) is 4.24. The molecule has 0 unspecified atom stereocenters. The zero-order valence-electron chi connectivity index (χ0n) is 18.8. The van der Waals surface area contributed by atoms with E-state index < -0.39 is 4.92 Å². The standard InChI is InChI=1S/C27H18N6O3/c34-26-24(21-15-20(33(35)36)11-12-22(21)30-26)25(18-5-2-1-3-6-18)29-19-9-7-17(8-10-19)23-16-32-14-4-13-28-27(32)31-23/h1-16,29H,(H,30,34). The van der Waals surface area contributed by atoms with Crippen molar-refractivity contribution in [2.24, 2.45) is 0 Å². The van der Waals surface area contributed by atoms with Crippen molar-refractivity contribution in [1.82, 2.24) is 14.4 Å². The number of hydrogen-bond donors (Lipinski definition) is 2. The van der Waals surface area contributed by atoms with Crippen LogP contribution < -0.4 is 10.6 Å². The summed E-state index contributed by atoms with van der Waals surface area (Å²) in [6.45, 7) is 0. The molecule has 3 heterocycles. The molecule has 0 aliphatic carbocycles. The number of anilines is 2. The smallest absolute Gasteiger partial charge is 0.270 e. The van der Waals surface area contributed by atoms with Gasteiger partial charge in [0.05, 0.1) is 21.9 Å². The first-order valence-electron chi connectivity index (χ1n) is 11.1. The van der Waals surface area contributed by atoms with Crippen molar-refractivity contribution < 1.29 is 9.72 Å². The zero-order chi connectivity index (χ0) is 24.6. The maximum atomic E-state index is 13.0. The summed E-state index contributed by atoms with van der Waals surface area (Å²) in [5.41, 5.74) is 5.06. The largest absolute Gasteiger partial charge is 0.354 e. The van der Waals surface area contributed by atoms with E-state index in [1.54, 1.807) is 12.3 Å². The molecule has 174 valence electrons. The molecule has 1 amide bonds. The van der Waals surface area contributed by atoms with Crippen LogP contribution in [0.15, 0.2) is 97.5 Å². The lowest BCUT2D eigenvalue weighted by atomic mass is 9.99. The highest BCUT2D eigenvalue weighted by molar-refractivity contribution is 6.37. The monoisotopic (exact) mass is 474 g/mol. The number of imidazole rings is 1. The Balaban J connectivity index is 1.42. The maximum absolute atomic E-state index is 13.0. The quantitative estimate of drug-likeness (QED) is 0.205. The van der Waals surface area contributed by atoms with Crippen LogP contribution in [-0.4, -0.2) is 25.2 Å². The van der Waals surface area contributed by atoms with Crippen molar-refractivity contribution in [3.8, 4) is 11.3 Å². The van der Waals surface area contributed by atoms with Gasteiger partial charge >= 0.3 is 0 Å². The fourth-order valence-corrected chi connectivity index (χ4v) is 4.24. The van der Waals surface area contributed by atoms with E-state index in [4.69, 9.17) is 0 Å². The van der Waals surface area contributed by atoms with Gasteiger partial charge in [0.1, 0.15) is 0 Å². The zero-order valence-corrected chi connectivity index (χ0v) is 18.8. The molecule has 1 aliphatic heterocycles. The fraction of sp³-hybridized carbons (Fsp3) is 0. The van der Waals surface area contributed by atoms with Gasteiger partial charge in [-0.25, -0.2) is 9.97 Å². The number of amides is 1. The number of nitro groups is 1. The first-order valence-corrected chi connectivity index (χ1v) is 11.1.